The van der Waals surface area contributed by atoms with Crippen LogP contribution in [0.3, 0.4) is 0 Å². The molecule has 0 amide bonds. The molecule has 1 saturated heterocycles. The van der Waals surface area contributed by atoms with E-state index >= 15 is 0 Å². The molecule has 1 heterocycles. The fourth-order valence-corrected chi connectivity index (χ4v) is 3.91. The summed E-state index contributed by atoms with van der Waals surface area (Å²) in [6, 6.07) is 13.9. The van der Waals surface area contributed by atoms with E-state index in [1.54, 1.807) is 14.2 Å². The quantitative estimate of drug-likeness (QED) is 0.584. The van der Waals surface area contributed by atoms with Crippen LogP contribution in [0, 0.1) is 5.92 Å². The van der Waals surface area contributed by atoms with E-state index in [1.165, 1.54) is 18.4 Å². The van der Waals surface area contributed by atoms with E-state index in [0.717, 1.165) is 62.2 Å². The lowest BCUT2D eigenvalue weighted by Crippen LogP contribution is -2.35. The van der Waals surface area contributed by atoms with Gasteiger partial charge in [-0.15, -0.1) is 0 Å². The van der Waals surface area contributed by atoms with Gasteiger partial charge in [-0.1, -0.05) is 29.8 Å². The van der Waals surface area contributed by atoms with Crippen LogP contribution in [0.25, 0.3) is 0 Å². The summed E-state index contributed by atoms with van der Waals surface area (Å²) in [7, 11) is 3.35. The first-order chi connectivity index (χ1) is 13.7. The average molecular weight is 404 g/mol. The number of hydrogen-bond acceptors (Lipinski definition) is 4. The highest BCUT2D eigenvalue weighted by molar-refractivity contribution is 6.32. The Morgan fingerprint density at radius 1 is 0.964 bits per heavy atom. The summed E-state index contributed by atoms with van der Waals surface area (Å²) >= 11 is 6.14. The number of hydrogen-bond donors (Lipinski definition) is 0. The first kappa shape index (κ1) is 20.8. The molecule has 0 bridgehead atoms. The predicted molar refractivity (Wildman–Crippen MR) is 114 cm³/mol. The molecule has 28 heavy (non-hydrogen) atoms. The van der Waals surface area contributed by atoms with Gasteiger partial charge in [-0.25, -0.2) is 0 Å². The SMILES string of the molecule is COc1ccc(CCN2CCC(CCOc3ccccc3Cl)CC2)cc1OC. The Hall–Kier alpha value is -1.91. The average Bonchev–Trinajstić information content (AvgIpc) is 2.74. The van der Waals surface area contributed by atoms with Crippen molar-refractivity contribution < 1.29 is 14.2 Å². The van der Waals surface area contributed by atoms with Gasteiger partial charge in [0.2, 0.25) is 0 Å². The number of methoxy groups -OCH3 is 2. The number of halogens is 1. The van der Waals surface area contributed by atoms with Crippen LogP contribution in [0.2, 0.25) is 5.02 Å². The summed E-state index contributed by atoms with van der Waals surface area (Å²) in [6.45, 7) is 4.13. The molecule has 2 aromatic carbocycles. The molecule has 4 nitrogen and oxygen atoms in total. The number of piperidine rings is 1. The zero-order valence-corrected chi connectivity index (χ0v) is 17.6. The number of ether oxygens (including phenoxy) is 3. The Morgan fingerprint density at radius 3 is 2.43 bits per heavy atom. The van der Waals surface area contributed by atoms with Crippen LogP contribution in [-0.2, 0) is 6.42 Å². The Labute approximate surface area is 173 Å². The van der Waals surface area contributed by atoms with Crippen molar-refractivity contribution in [2.24, 2.45) is 5.92 Å². The van der Waals surface area contributed by atoms with Crippen LogP contribution in [0.1, 0.15) is 24.8 Å². The van der Waals surface area contributed by atoms with Crippen molar-refractivity contribution in [2.45, 2.75) is 25.7 Å². The van der Waals surface area contributed by atoms with Crippen molar-refractivity contribution in [1.29, 1.82) is 0 Å². The lowest BCUT2D eigenvalue weighted by atomic mass is 9.93. The van der Waals surface area contributed by atoms with Crippen molar-refractivity contribution in [3.8, 4) is 17.2 Å². The molecule has 0 spiro atoms. The minimum atomic E-state index is 0.687. The van der Waals surface area contributed by atoms with E-state index in [-0.39, 0.29) is 0 Å². The second kappa shape index (κ2) is 10.6. The summed E-state index contributed by atoms with van der Waals surface area (Å²) in [5.41, 5.74) is 1.29. The van der Waals surface area contributed by atoms with E-state index in [2.05, 4.69) is 17.0 Å². The molecule has 1 aliphatic heterocycles. The van der Waals surface area contributed by atoms with Crippen LogP contribution in [0.15, 0.2) is 42.5 Å². The first-order valence-electron chi connectivity index (χ1n) is 10.00. The Bertz CT molecular complexity index is 744. The second-order valence-corrected chi connectivity index (χ2v) is 7.70. The summed E-state index contributed by atoms with van der Waals surface area (Å²) < 4.78 is 16.6. The van der Waals surface area contributed by atoms with Crippen molar-refractivity contribution >= 4 is 11.6 Å². The van der Waals surface area contributed by atoms with E-state index in [9.17, 15) is 0 Å². The van der Waals surface area contributed by atoms with Gasteiger partial charge in [0, 0.05) is 6.54 Å². The molecular weight excluding hydrogens is 374 g/mol. The van der Waals surface area contributed by atoms with Gasteiger partial charge < -0.3 is 19.1 Å². The smallest absolute Gasteiger partial charge is 0.160 e. The number of likely N-dealkylation sites (tertiary alicyclic amines) is 1. The lowest BCUT2D eigenvalue weighted by Gasteiger charge is -2.32. The predicted octanol–water partition coefficient (Wildman–Crippen LogP) is 5.08. The fourth-order valence-electron chi connectivity index (χ4n) is 3.72. The minimum Gasteiger partial charge on any atom is -0.493 e. The van der Waals surface area contributed by atoms with Gasteiger partial charge in [-0.3, -0.25) is 0 Å². The van der Waals surface area contributed by atoms with Gasteiger partial charge in [0.05, 0.1) is 25.8 Å². The maximum absolute atomic E-state index is 6.14. The van der Waals surface area contributed by atoms with Crippen LogP contribution >= 0.6 is 11.6 Å². The normalized spacial score (nSPS) is 15.4. The third-order valence-corrected chi connectivity index (χ3v) is 5.80. The molecule has 0 aliphatic carbocycles. The zero-order chi connectivity index (χ0) is 19.8. The molecule has 1 aliphatic rings. The highest BCUT2D eigenvalue weighted by Crippen LogP contribution is 2.28. The van der Waals surface area contributed by atoms with Gasteiger partial charge in [-0.05, 0) is 74.5 Å². The highest BCUT2D eigenvalue weighted by Gasteiger charge is 2.19. The van der Waals surface area contributed by atoms with E-state index in [1.807, 2.05) is 30.3 Å². The molecule has 0 N–H and O–H groups in total. The third-order valence-electron chi connectivity index (χ3n) is 5.49. The molecule has 3 rings (SSSR count). The maximum atomic E-state index is 6.14. The van der Waals surface area contributed by atoms with Crippen molar-refractivity contribution in [2.75, 3.05) is 40.5 Å². The Kier molecular flexibility index (Phi) is 7.87. The van der Waals surface area contributed by atoms with Crippen LogP contribution in [-0.4, -0.2) is 45.4 Å². The molecule has 152 valence electrons. The van der Waals surface area contributed by atoms with Gasteiger partial charge in [0.1, 0.15) is 5.75 Å². The Balaban J connectivity index is 1.37. The van der Waals surface area contributed by atoms with Crippen molar-refractivity contribution in [3.63, 3.8) is 0 Å². The molecule has 0 unspecified atom stereocenters. The summed E-state index contributed by atoms with van der Waals surface area (Å²) in [5.74, 6) is 3.11. The zero-order valence-electron chi connectivity index (χ0n) is 16.8. The third kappa shape index (κ3) is 5.79. The van der Waals surface area contributed by atoms with Crippen LogP contribution < -0.4 is 14.2 Å². The Morgan fingerprint density at radius 2 is 1.71 bits per heavy atom. The van der Waals surface area contributed by atoms with E-state index in [4.69, 9.17) is 25.8 Å². The molecule has 0 atom stereocenters. The molecule has 5 heteroatoms. The lowest BCUT2D eigenvalue weighted by molar-refractivity contribution is 0.164. The number of benzene rings is 2. The van der Waals surface area contributed by atoms with Gasteiger partial charge in [0.25, 0.3) is 0 Å². The van der Waals surface area contributed by atoms with Crippen LogP contribution in [0.5, 0.6) is 17.2 Å². The van der Waals surface area contributed by atoms with Gasteiger partial charge in [-0.2, -0.15) is 0 Å². The topological polar surface area (TPSA) is 30.9 Å². The number of nitrogens with zero attached hydrogens (tertiary/aromatic N) is 1. The summed E-state index contributed by atoms with van der Waals surface area (Å²) in [6.07, 6.45) is 4.59. The summed E-state index contributed by atoms with van der Waals surface area (Å²) in [4.78, 5) is 2.56. The van der Waals surface area contributed by atoms with Gasteiger partial charge in [0.15, 0.2) is 11.5 Å². The van der Waals surface area contributed by atoms with Crippen molar-refractivity contribution in [1.82, 2.24) is 4.90 Å². The van der Waals surface area contributed by atoms with Gasteiger partial charge >= 0.3 is 0 Å². The maximum Gasteiger partial charge on any atom is 0.160 e. The molecule has 2 aromatic rings. The van der Waals surface area contributed by atoms with Crippen molar-refractivity contribution in [3.05, 3.63) is 53.1 Å². The molecule has 0 saturated carbocycles. The molecule has 1 fully saturated rings. The standard InChI is InChI=1S/C23H30ClNO3/c1-26-22-8-7-19(17-23(22)27-2)11-15-25-13-9-18(10-14-25)12-16-28-21-6-4-3-5-20(21)24/h3-8,17-18H,9-16H2,1-2H3. The molecule has 0 radical (unpaired) electrons. The number of rotatable bonds is 9. The fraction of sp³-hybridized carbons (Fsp3) is 0.478. The first-order valence-corrected chi connectivity index (χ1v) is 10.4. The molecule has 0 aromatic heterocycles. The minimum absolute atomic E-state index is 0.687. The summed E-state index contributed by atoms with van der Waals surface area (Å²) in [5, 5.41) is 0.687. The van der Waals surface area contributed by atoms with E-state index in [0.29, 0.717) is 5.02 Å². The largest absolute Gasteiger partial charge is 0.493 e. The molecular formula is C23H30ClNO3. The van der Waals surface area contributed by atoms with Crippen LogP contribution in [0.4, 0.5) is 0 Å². The second-order valence-electron chi connectivity index (χ2n) is 7.29. The highest BCUT2D eigenvalue weighted by atomic mass is 35.5. The monoisotopic (exact) mass is 403 g/mol. The number of para-hydroxylation sites is 1. The van der Waals surface area contributed by atoms with E-state index < -0.39 is 0 Å².